The number of aliphatic carboxylic acids is 1. The first-order chi connectivity index (χ1) is 16.2. The summed E-state index contributed by atoms with van der Waals surface area (Å²) >= 11 is 5.08. The Bertz CT molecular complexity index is 986. The molecule has 1 aromatic carbocycles. The molecule has 1 spiro atoms. The number of likely N-dealkylation sites (tertiary alicyclic amines) is 1. The van der Waals surface area contributed by atoms with Gasteiger partial charge < -0.3 is 24.7 Å². The van der Waals surface area contributed by atoms with Crippen LogP contribution in [0, 0.1) is 11.8 Å². The third-order valence-corrected chi connectivity index (χ3v) is 10.5. The molecule has 3 heterocycles. The summed E-state index contributed by atoms with van der Waals surface area (Å²) in [5, 5.41) is 19.8. The summed E-state index contributed by atoms with van der Waals surface area (Å²) in [5.74, 6) is -2.73. The fourth-order valence-electron chi connectivity index (χ4n) is 5.80. The minimum absolute atomic E-state index is 0.124. The number of carbonyl (C=O) groups excluding carboxylic acids is 2. The number of carboxylic acid groups (broad SMARTS) is 1. The van der Waals surface area contributed by atoms with Gasteiger partial charge in [0.1, 0.15) is 11.8 Å². The van der Waals surface area contributed by atoms with Gasteiger partial charge in [0.25, 0.3) is 5.91 Å². The van der Waals surface area contributed by atoms with E-state index in [-0.39, 0.29) is 35.0 Å². The number of carbonyl (C=O) groups is 3. The maximum Gasteiger partial charge on any atom is 0.308 e. The molecule has 3 saturated heterocycles. The third-order valence-electron chi connectivity index (χ3n) is 7.28. The first-order valence-corrected chi connectivity index (χ1v) is 13.1. The monoisotopic (exact) mass is 552 g/mol. The summed E-state index contributed by atoms with van der Waals surface area (Å²) in [6.45, 7) is 5.56. The maximum absolute atomic E-state index is 14.3. The van der Waals surface area contributed by atoms with Gasteiger partial charge in [-0.3, -0.25) is 14.4 Å². The molecule has 3 aliphatic rings. The van der Waals surface area contributed by atoms with E-state index in [2.05, 4.69) is 22.5 Å². The SMILES string of the molecule is C=CCN(C(=O)C1N([C@@H](CC)CO)C(=O)[C@@H]2[C@@H](C(=O)O)[C@@H]3SC12CC3Br)c1ccc(OC)cc1. The van der Waals surface area contributed by atoms with Crippen LogP contribution in [-0.4, -0.2) is 80.1 Å². The number of carboxylic acids is 1. The average Bonchev–Trinajstić information content (AvgIpc) is 3.42. The number of methoxy groups -OCH3 is 1. The normalized spacial score (nSPS) is 32.4. The van der Waals surface area contributed by atoms with Crippen molar-refractivity contribution in [3.63, 3.8) is 0 Å². The number of ether oxygens (including phenoxy) is 1. The average molecular weight is 553 g/mol. The molecule has 3 aliphatic heterocycles. The number of benzene rings is 1. The molecule has 0 aromatic heterocycles. The third kappa shape index (κ3) is 3.65. The van der Waals surface area contributed by atoms with Gasteiger partial charge in [-0.2, -0.15) is 0 Å². The number of fused-ring (bicyclic) bond motifs is 1. The quantitative estimate of drug-likeness (QED) is 0.358. The molecule has 34 heavy (non-hydrogen) atoms. The van der Waals surface area contributed by atoms with Crippen molar-refractivity contribution in [1.29, 1.82) is 0 Å². The Morgan fingerprint density at radius 3 is 2.62 bits per heavy atom. The van der Waals surface area contributed by atoms with Crippen molar-refractivity contribution in [2.24, 2.45) is 11.8 Å². The molecule has 7 atom stereocenters. The molecule has 2 bridgehead atoms. The lowest BCUT2D eigenvalue weighted by Gasteiger charge is -2.39. The zero-order chi connectivity index (χ0) is 24.8. The lowest BCUT2D eigenvalue weighted by molar-refractivity contribution is -0.149. The smallest absolute Gasteiger partial charge is 0.308 e. The number of anilines is 1. The van der Waals surface area contributed by atoms with Crippen LogP contribution < -0.4 is 9.64 Å². The van der Waals surface area contributed by atoms with Crippen LogP contribution in [0.3, 0.4) is 0 Å². The second-order valence-corrected chi connectivity index (χ2v) is 11.6. The molecule has 8 nitrogen and oxygen atoms in total. The van der Waals surface area contributed by atoms with Crippen LogP contribution in [0.4, 0.5) is 5.69 Å². The molecular weight excluding hydrogens is 524 g/mol. The largest absolute Gasteiger partial charge is 0.497 e. The van der Waals surface area contributed by atoms with Gasteiger partial charge in [-0.15, -0.1) is 18.3 Å². The number of hydrogen-bond acceptors (Lipinski definition) is 6. The fraction of sp³-hybridized carbons (Fsp3) is 0.542. The van der Waals surface area contributed by atoms with Crippen LogP contribution >= 0.6 is 27.7 Å². The molecule has 4 rings (SSSR count). The Morgan fingerprint density at radius 2 is 2.09 bits per heavy atom. The molecule has 3 unspecified atom stereocenters. The van der Waals surface area contributed by atoms with E-state index in [0.29, 0.717) is 24.3 Å². The van der Waals surface area contributed by atoms with Crippen molar-refractivity contribution in [1.82, 2.24) is 4.90 Å². The standard InChI is InChI=1S/C24H29BrN2O6S/c1-4-10-26(14-6-8-15(33-3)9-7-14)22(30)20-24-11-16(25)19(34-24)17(23(31)32)18(24)21(29)27(20)13(5-2)12-28/h4,6-9,13,16-20,28H,1,5,10-12H2,2-3H3,(H,31,32)/t13-,16?,17+,18-,19+,20?,24?/m0/s1. The molecule has 2 amide bonds. The zero-order valence-electron chi connectivity index (χ0n) is 19.1. The molecule has 1 aromatic rings. The number of alkyl halides is 1. The van der Waals surface area contributed by atoms with Gasteiger partial charge in [-0.05, 0) is 37.1 Å². The van der Waals surface area contributed by atoms with Crippen molar-refractivity contribution < 1.29 is 29.3 Å². The van der Waals surface area contributed by atoms with E-state index in [1.54, 1.807) is 42.4 Å². The number of nitrogens with zero attached hydrogens (tertiary/aromatic N) is 2. The zero-order valence-corrected chi connectivity index (χ0v) is 21.5. The van der Waals surface area contributed by atoms with Crippen LogP contribution in [0.15, 0.2) is 36.9 Å². The van der Waals surface area contributed by atoms with Gasteiger partial charge in [-0.1, -0.05) is 28.9 Å². The summed E-state index contributed by atoms with van der Waals surface area (Å²) in [6, 6.07) is 5.57. The van der Waals surface area contributed by atoms with Crippen molar-refractivity contribution in [3.8, 4) is 5.75 Å². The van der Waals surface area contributed by atoms with E-state index in [9.17, 15) is 24.6 Å². The highest BCUT2D eigenvalue weighted by molar-refractivity contribution is 9.09. The van der Waals surface area contributed by atoms with E-state index in [1.807, 2.05) is 6.92 Å². The summed E-state index contributed by atoms with van der Waals surface area (Å²) in [4.78, 5) is 43.3. The molecular formula is C24H29BrN2O6S. The molecule has 3 fully saturated rings. The number of rotatable bonds is 9. The Balaban J connectivity index is 1.83. The maximum atomic E-state index is 14.3. The Morgan fingerprint density at radius 1 is 1.41 bits per heavy atom. The van der Waals surface area contributed by atoms with Crippen LogP contribution in [0.1, 0.15) is 19.8 Å². The van der Waals surface area contributed by atoms with Crippen LogP contribution in [0.5, 0.6) is 5.75 Å². The van der Waals surface area contributed by atoms with Gasteiger partial charge in [0, 0.05) is 22.3 Å². The minimum atomic E-state index is -1.02. The number of halogens is 1. The van der Waals surface area contributed by atoms with Crippen LogP contribution in [0.25, 0.3) is 0 Å². The summed E-state index contributed by atoms with van der Waals surface area (Å²) in [7, 11) is 1.56. The van der Waals surface area contributed by atoms with E-state index in [0.717, 1.165) is 0 Å². The first-order valence-electron chi connectivity index (χ1n) is 11.3. The minimum Gasteiger partial charge on any atom is -0.497 e. The first kappa shape index (κ1) is 25.1. The van der Waals surface area contributed by atoms with Crippen molar-refractivity contribution in [3.05, 3.63) is 36.9 Å². The second kappa shape index (κ2) is 9.54. The highest BCUT2D eigenvalue weighted by Gasteiger charge is 2.76. The number of aliphatic hydroxyl groups excluding tert-OH is 1. The van der Waals surface area contributed by atoms with E-state index in [1.165, 1.54) is 16.7 Å². The summed E-state index contributed by atoms with van der Waals surface area (Å²) < 4.78 is 4.35. The van der Waals surface area contributed by atoms with E-state index >= 15 is 0 Å². The van der Waals surface area contributed by atoms with Crippen LogP contribution in [0.2, 0.25) is 0 Å². The van der Waals surface area contributed by atoms with E-state index < -0.39 is 34.6 Å². The lowest BCUT2D eigenvalue weighted by Crippen LogP contribution is -2.58. The number of amides is 2. The molecule has 0 aliphatic carbocycles. The predicted molar refractivity (Wildman–Crippen MR) is 133 cm³/mol. The molecule has 2 N–H and O–H groups in total. The van der Waals surface area contributed by atoms with E-state index in [4.69, 9.17) is 4.74 Å². The second-order valence-electron chi connectivity index (χ2n) is 8.93. The van der Waals surface area contributed by atoms with Crippen molar-refractivity contribution >= 4 is 51.2 Å². The van der Waals surface area contributed by atoms with Gasteiger partial charge in [0.15, 0.2) is 0 Å². The van der Waals surface area contributed by atoms with Gasteiger partial charge in [0.2, 0.25) is 5.91 Å². The Kier molecular flexibility index (Phi) is 7.04. The number of hydrogen-bond donors (Lipinski definition) is 2. The topological polar surface area (TPSA) is 107 Å². The van der Waals surface area contributed by atoms with Gasteiger partial charge >= 0.3 is 5.97 Å². The predicted octanol–water partition coefficient (Wildman–Crippen LogP) is 2.53. The molecule has 0 saturated carbocycles. The molecule has 184 valence electrons. The Labute approximate surface area is 211 Å². The molecule has 10 heteroatoms. The van der Waals surface area contributed by atoms with Crippen molar-refractivity contribution in [2.75, 3.05) is 25.2 Å². The highest BCUT2D eigenvalue weighted by Crippen LogP contribution is 2.68. The lowest BCUT2D eigenvalue weighted by atomic mass is 9.71. The summed E-state index contributed by atoms with van der Waals surface area (Å²) in [5.41, 5.74) is 0.623. The fourth-order valence-corrected chi connectivity index (χ4v) is 9.38. The van der Waals surface area contributed by atoms with Gasteiger partial charge in [-0.25, -0.2) is 0 Å². The molecule has 0 radical (unpaired) electrons. The Hall–Kier alpha value is -2.04. The van der Waals surface area contributed by atoms with Crippen molar-refractivity contribution in [2.45, 2.75) is 46.7 Å². The van der Waals surface area contributed by atoms with Gasteiger partial charge in [0.05, 0.1) is 36.3 Å². The number of aliphatic hydroxyl groups is 1. The summed E-state index contributed by atoms with van der Waals surface area (Å²) in [6.07, 6.45) is 2.57. The van der Waals surface area contributed by atoms with Crippen LogP contribution in [-0.2, 0) is 14.4 Å². The highest BCUT2D eigenvalue weighted by atomic mass is 79.9. The number of thioether (sulfide) groups is 1.